The van der Waals surface area contributed by atoms with Crippen molar-refractivity contribution in [3.05, 3.63) is 23.2 Å². The maximum absolute atomic E-state index is 11.3. The van der Waals surface area contributed by atoms with E-state index in [9.17, 15) is 9.90 Å². The molecule has 1 N–H and O–H groups in total. The molecular formula is C12H15ClN2O2. The molecule has 1 aliphatic rings. The van der Waals surface area contributed by atoms with Crippen LogP contribution in [0.1, 0.15) is 31.4 Å². The molecule has 1 saturated carbocycles. The third-order valence-electron chi connectivity index (χ3n) is 3.39. The van der Waals surface area contributed by atoms with Crippen LogP contribution in [0.5, 0.6) is 0 Å². The standard InChI is InChI=1S/C12H15ClN2O2/c13-11-7-14-9(6-15-11)5-10(12(16)17)8-3-1-2-4-8/h6-8,10H,1-5H2,(H,16,17). The number of nitrogens with zero attached hydrogens (tertiary/aromatic N) is 2. The van der Waals surface area contributed by atoms with Crippen LogP contribution in [0.15, 0.2) is 12.4 Å². The molecule has 2 rings (SSSR count). The van der Waals surface area contributed by atoms with Gasteiger partial charge in [-0.3, -0.25) is 9.78 Å². The first-order valence-electron chi connectivity index (χ1n) is 5.86. The van der Waals surface area contributed by atoms with Gasteiger partial charge in [0, 0.05) is 6.42 Å². The van der Waals surface area contributed by atoms with Crippen LogP contribution in [0, 0.1) is 11.8 Å². The molecule has 4 nitrogen and oxygen atoms in total. The molecule has 17 heavy (non-hydrogen) atoms. The first kappa shape index (κ1) is 12.3. The van der Waals surface area contributed by atoms with E-state index in [4.69, 9.17) is 11.6 Å². The lowest BCUT2D eigenvalue weighted by Crippen LogP contribution is -2.24. The highest BCUT2D eigenvalue weighted by molar-refractivity contribution is 6.29. The SMILES string of the molecule is O=C(O)C(Cc1cnc(Cl)cn1)C1CCCC1. The normalized spacial score (nSPS) is 18.2. The molecule has 0 bridgehead atoms. The minimum Gasteiger partial charge on any atom is -0.481 e. The number of carboxylic acid groups (broad SMARTS) is 1. The van der Waals surface area contributed by atoms with Gasteiger partial charge < -0.3 is 5.11 Å². The van der Waals surface area contributed by atoms with Crippen molar-refractivity contribution < 1.29 is 9.90 Å². The van der Waals surface area contributed by atoms with E-state index in [0.717, 1.165) is 25.7 Å². The lowest BCUT2D eigenvalue weighted by molar-refractivity contribution is -0.143. The van der Waals surface area contributed by atoms with E-state index in [1.54, 1.807) is 6.20 Å². The highest BCUT2D eigenvalue weighted by Crippen LogP contribution is 2.33. The van der Waals surface area contributed by atoms with Gasteiger partial charge in [0.1, 0.15) is 5.15 Å². The van der Waals surface area contributed by atoms with Crippen LogP contribution in [0.25, 0.3) is 0 Å². The van der Waals surface area contributed by atoms with Crippen LogP contribution in [-0.4, -0.2) is 21.0 Å². The van der Waals surface area contributed by atoms with Crippen LogP contribution in [0.2, 0.25) is 5.15 Å². The van der Waals surface area contributed by atoms with Crippen LogP contribution in [-0.2, 0) is 11.2 Å². The molecule has 0 aromatic carbocycles. The maximum Gasteiger partial charge on any atom is 0.307 e. The molecule has 0 aliphatic heterocycles. The summed E-state index contributed by atoms with van der Waals surface area (Å²) in [5, 5.41) is 9.61. The van der Waals surface area contributed by atoms with E-state index in [-0.39, 0.29) is 11.8 Å². The number of hydrogen-bond acceptors (Lipinski definition) is 3. The summed E-state index contributed by atoms with van der Waals surface area (Å²) in [4.78, 5) is 19.3. The van der Waals surface area contributed by atoms with E-state index >= 15 is 0 Å². The summed E-state index contributed by atoms with van der Waals surface area (Å²) in [6, 6.07) is 0. The van der Waals surface area contributed by atoms with E-state index in [2.05, 4.69) is 9.97 Å². The Morgan fingerprint density at radius 1 is 1.41 bits per heavy atom. The molecule has 1 unspecified atom stereocenters. The number of carbonyl (C=O) groups is 1. The Labute approximate surface area is 105 Å². The summed E-state index contributed by atoms with van der Waals surface area (Å²) in [6.07, 6.45) is 7.78. The quantitative estimate of drug-likeness (QED) is 0.897. The van der Waals surface area contributed by atoms with Gasteiger partial charge >= 0.3 is 5.97 Å². The topological polar surface area (TPSA) is 63.1 Å². The summed E-state index contributed by atoms with van der Waals surface area (Å²) in [7, 11) is 0. The van der Waals surface area contributed by atoms with Crippen LogP contribution in [0.3, 0.4) is 0 Å². The van der Waals surface area contributed by atoms with E-state index < -0.39 is 5.97 Å². The van der Waals surface area contributed by atoms with Gasteiger partial charge in [0.15, 0.2) is 0 Å². The Kier molecular flexibility index (Phi) is 3.94. The van der Waals surface area contributed by atoms with Crippen LogP contribution < -0.4 is 0 Å². The third-order valence-corrected chi connectivity index (χ3v) is 3.58. The summed E-state index contributed by atoms with van der Waals surface area (Å²) in [5.74, 6) is -0.786. The van der Waals surface area contributed by atoms with Gasteiger partial charge in [-0.2, -0.15) is 0 Å². The highest BCUT2D eigenvalue weighted by Gasteiger charge is 2.30. The molecule has 5 heteroatoms. The zero-order valence-corrected chi connectivity index (χ0v) is 10.2. The second kappa shape index (κ2) is 5.45. The summed E-state index contributed by atoms with van der Waals surface area (Å²) >= 11 is 5.65. The highest BCUT2D eigenvalue weighted by atomic mass is 35.5. The second-order valence-electron chi connectivity index (χ2n) is 4.52. The molecule has 92 valence electrons. The van der Waals surface area contributed by atoms with Crippen molar-refractivity contribution in [2.24, 2.45) is 11.8 Å². The van der Waals surface area contributed by atoms with E-state index in [0.29, 0.717) is 17.3 Å². The van der Waals surface area contributed by atoms with Crippen molar-refractivity contribution in [3.63, 3.8) is 0 Å². The van der Waals surface area contributed by atoms with Gasteiger partial charge in [-0.15, -0.1) is 0 Å². The van der Waals surface area contributed by atoms with Crippen LogP contribution in [0.4, 0.5) is 0 Å². The molecular weight excluding hydrogens is 240 g/mol. The van der Waals surface area contributed by atoms with Crippen molar-refractivity contribution in [2.75, 3.05) is 0 Å². The minimum atomic E-state index is -0.728. The number of aliphatic carboxylic acids is 1. The second-order valence-corrected chi connectivity index (χ2v) is 4.91. The Morgan fingerprint density at radius 3 is 2.65 bits per heavy atom. The fourth-order valence-electron chi connectivity index (χ4n) is 2.49. The lowest BCUT2D eigenvalue weighted by atomic mass is 9.87. The Balaban J connectivity index is 2.06. The summed E-state index contributed by atoms with van der Waals surface area (Å²) in [5.41, 5.74) is 0.703. The van der Waals surface area contributed by atoms with Gasteiger partial charge in [0.2, 0.25) is 0 Å². The van der Waals surface area contributed by atoms with Crippen molar-refractivity contribution in [2.45, 2.75) is 32.1 Å². The molecule has 1 heterocycles. The molecule has 1 aliphatic carbocycles. The van der Waals surface area contributed by atoms with E-state index in [1.807, 2.05) is 0 Å². The number of halogens is 1. The van der Waals surface area contributed by atoms with Gasteiger partial charge in [0.05, 0.1) is 24.0 Å². The molecule has 1 fully saturated rings. The molecule has 0 saturated heterocycles. The maximum atomic E-state index is 11.3. The Morgan fingerprint density at radius 2 is 2.12 bits per heavy atom. The zero-order chi connectivity index (χ0) is 12.3. The zero-order valence-electron chi connectivity index (χ0n) is 9.47. The first-order valence-corrected chi connectivity index (χ1v) is 6.24. The van der Waals surface area contributed by atoms with Crippen molar-refractivity contribution in [1.82, 2.24) is 9.97 Å². The van der Waals surface area contributed by atoms with Crippen molar-refractivity contribution in [3.8, 4) is 0 Å². The first-order chi connectivity index (χ1) is 8.16. The fraction of sp³-hybridized carbons (Fsp3) is 0.583. The third kappa shape index (κ3) is 3.16. The lowest BCUT2D eigenvalue weighted by Gasteiger charge is -2.18. The molecule has 1 atom stereocenters. The van der Waals surface area contributed by atoms with Gasteiger partial charge in [-0.05, 0) is 18.8 Å². The van der Waals surface area contributed by atoms with Gasteiger partial charge in [0.25, 0.3) is 0 Å². The number of aromatic nitrogens is 2. The average Bonchev–Trinajstić information content (AvgIpc) is 2.81. The monoisotopic (exact) mass is 254 g/mol. The number of carboxylic acids is 1. The number of rotatable bonds is 4. The van der Waals surface area contributed by atoms with Gasteiger partial charge in [-0.25, -0.2) is 4.98 Å². The molecule has 0 spiro atoms. The smallest absolute Gasteiger partial charge is 0.307 e. The molecule has 1 aromatic heterocycles. The predicted octanol–water partition coefficient (Wildman–Crippen LogP) is 2.56. The minimum absolute atomic E-state index is 0.282. The van der Waals surface area contributed by atoms with E-state index in [1.165, 1.54) is 6.20 Å². The predicted molar refractivity (Wildman–Crippen MR) is 63.8 cm³/mol. The van der Waals surface area contributed by atoms with Gasteiger partial charge in [-0.1, -0.05) is 24.4 Å². The van der Waals surface area contributed by atoms with Crippen LogP contribution >= 0.6 is 11.6 Å². The Bertz CT molecular complexity index is 388. The number of hydrogen-bond donors (Lipinski definition) is 1. The molecule has 1 aromatic rings. The summed E-state index contributed by atoms with van der Waals surface area (Å²) < 4.78 is 0. The largest absolute Gasteiger partial charge is 0.481 e. The Hall–Kier alpha value is -1.16. The average molecular weight is 255 g/mol. The van der Waals surface area contributed by atoms with Crippen molar-refractivity contribution in [1.29, 1.82) is 0 Å². The fourth-order valence-corrected chi connectivity index (χ4v) is 2.58. The molecule has 0 radical (unpaired) electrons. The van der Waals surface area contributed by atoms with Crippen molar-refractivity contribution >= 4 is 17.6 Å². The molecule has 0 amide bonds. The summed E-state index contributed by atoms with van der Waals surface area (Å²) in [6.45, 7) is 0.